The van der Waals surface area contributed by atoms with E-state index in [1.165, 1.54) is 18.2 Å². The number of ether oxygens (including phenoxy) is 1. The molecule has 3 aromatic rings. The number of hydrogen-bond donors (Lipinski definition) is 1. The summed E-state index contributed by atoms with van der Waals surface area (Å²) in [6.45, 7) is 5.34. The van der Waals surface area contributed by atoms with Crippen LogP contribution >= 0.6 is 0 Å². The van der Waals surface area contributed by atoms with Crippen molar-refractivity contribution in [3.8, 4) is 11.4 Å². The molecule has 26 heavy (non-hydrogen) atoms. The summed E-state index contributed by atoms with van der Waals surface area (Å²) >= 11 is 0. The fourth-order valence-corrected chi connectivity index (χ4v) is 2.67. The van der Waals surface area contributed by atoms with E-state index in [-0.39, 0.29) is 5.91 Å². The molecule has 0 saturated carbocycles. The van der Waals surface area contributed by atoms with Crippen molar-refractivity contribution in [2.45, 2.75) is 26.9 Å². The van der Waals surface area contributed by atoms with Crippen molar-refractivity contribution in [2.75, 3.05) is 5.32 Å². The van der Waals surface area contributed by atoms with Gasteiger partial charge in [0.2, 0.25) is 0 Å². The molecular weight excluding hydrogens is 333 g/mol. The molecule has 3 rings (SSSR count). The normalized spacial score (nSPS) is 11.8. The van der Waals surface area contributed by atoms with Gasteiger partial charge >= 0.3 is 0 Å². The summed E-state index contributed by atoms with van der Waals surface area (Å²) in [7, 11) is 0. The Labute approximate surface area is 151 Å². The highest BCUT2D eigenvalue weighted by molar-refractivity contribution is 5.95. The molecule has 0 radical (unpaired) electrons. The van der Waals surface area contributed by atoms with Gasteiger partial charge in [-0.15, -0.1) is 0 Å². The van der Waals surface area contributed by atoms with E-state index >= 15 is 0 Å². The second kappa shape index (κ2) is 7.39. The van der Waals surface area contributed by atoms with E-state index in [2.05, 4.69) is 10.4 Å². The summed E-state index contributed by atoms with van der Waals surface area (Å²) in [5, 5.41) is 7.36. The molecule has 6 heteroatoms. The predicted molar refractivity (Wildman–Crippen MR) is 98.2 cm³/mol. The van der Waals surface area contributed by atoms with Gasteiger partial charge in [-0.25, -0.2) is 9.07 Å². The molecular formula is C20H20FN3O2. The maximum atomic E-state index is 13.2. The molecule has 0 aliphatic heterocycles. The molecule has 1 atom stereocenters. The Morgan fingerprint density at radius 1 is 1.15 bits per heavy atom. The van der Waals surface area contributed by atoms with Crippen molar-refractivity contribution >= 4 is 11.6 Å². The predicted octanol–water partition coefficient (Wildman–Crippen LogP) is 4.03. The van der Waals surface area contributed by atoms with Gasteiger partial charge < -0.3 is 10.1 Å². The number of aryl methyl sites for hydroxylation is 1. The Bertz CT molecular complexity index is 922. The summed E-state index contributed by atoms with van der Waals surface area (Å²) in [5.41, 5.74) is 3.09. The van der Waals surface area contributed by atoms with Crippen molar-refractivity contribution in [2.24, 2.45) is 0 Å². The Balaban J connectivity index is 1.76. The lowest BCUT2D eigenvalue weighted by Crippen LogP contribution is -2.30. The fourth-order valence-electron chi connectivity index (χ4n) is 2.67. The molecule has 0 fully saturated rings. The largest absolute Gasteiger partial charge is 0.481 e. The third-order valence-corrected chi connectivity index (χ3v) is 4.02. The summed E-state index contributed by atoms with van der Waals surface area (Å²) in [6.07, 6.45) is -0.782. The van der Waals surface area contributed by atoms with Crippen molar-refractivity contribution in [3.05, 3.63) is 71.8 Å². The lowest BCUT2D eigenvalue weighted by atomic mass is 10.2. The first-order chi connectivity index (χ1) is 12.5. The lowest BCUT2D eigenvalue weighted by Gasteiger charge is -2.15. The van der Waals surface area contributed by atoms with E-state index in [1.807, 2.05) is 44.2 Å². The summed E-state index contributed by atoms with van der Waals surface area (Å²) in [5.74, 6) is -0.430. The average Bonchev–Trinajstić information content (AvgIpc) is 2.90. The minimum Gasteiger partial charge on any atom is -0.481 e. The number of aromatic nitrogens is 2. The summed E-state index contributed by atoms with van der Waals surface area (Å²) in [4.78, 5) is 12.5. The molecule has 0 saturated heterocycles. The second-order valence-corrected chi connectivity index (χ2v) is 6.00. The van der Waals surface area contributed by atoms with Gasteiger partial charge in [-0.05, 0) is 45.0 Å². The van der Waals surface area contributed by atoms with Crippen LogP contribution in [0.5, 0.6) is 5.75 Å². The third-order valence-electron chi connectivity index (χ3n) is 4.02. The number of carbonyl (C=O) groups excluding carboxylic acids is 1. The number of amides is 1. The van der Waals surface area contributed by atoms with Gasteiger partial charge in [0.1, 0.15) is 11.6 Å². The minimum atomic E-state index is -0.782. The van der Waals surface area contributed by atoms with Crippen molar-refractivity contribution in [1.82, 2.24) is 9.78 Å². The Hall–Kier alpha value is -3.15. The van der Waals surface area contributed by atoms with Crippen LogP contribution in [0.15, 0.2) is 54.6 Å². The number of anilines is 1. The molecule has 0 bridgehead atoms. The van der Waals surface area contributed by atoms with Crippen LogP contribution in [0.3, 0.4) is 0 Å². The highest BCUT2D eigenvalue weighted by atomic mass is 19.1. The molecule has 0 spiro atoms. The Kier molecular flexibility index (Phi) is 5.02. The lowest BCUT2D eigenvalue weighted by molar-refractivity contribution is -0.122. The van der Waals surface area contributed by atoms with Crippen molar-refractivity contribution in [3.63, 3.8) is 0 Å². The zero-order chi connectivity index (χ0) is 18.7. The number of hydrogen-bond acceptors (Lipinski definition) is 3. The van der Waals surface area contributed by atoms with Crippen LogP contribution in [0, 0.1) is 19.7 Å². The third kappa shape index (κ3) is 3.74. The van der Waals surface area contributed by atoms with Gasteiger partial charge in [0.15, 0.2) is 6.10 Å². The van der Waals surface area contributed by atoms with Crippen molar-refractivity contribution in [1.29, 1.82) is 0 Å². The molecule has 134 valence electrons. The monoisotopic (exact) mass is 353 g/mol. The van der Waals surface area contributed by atoms with Crippen LogP contribution in [0.1, 0.15) is 18.3 Å². The number of nitrogens with zero attached hydrogens (tertiary/aromatic N) is 2. The Morgan fingerprint density at radius 2 is 1.88 bits per heavy atom. The smallest absolute Gasteiger partial charge is 0.265 e. The van der Waals surface area contributed by atoms with Gasteiger partial charge in [-0.2, -0.15) is 5.10 Å². The SMILES string of the molecule is Cc1nn(-c2ccccc2)c(C)c1NC(=O)C(C)Oc1cccc(F)c1. The van der Waals surface area contributed by atoms with Gasteiger partial charge in [0.05, 0.1) is 22.8 Å². The number of para-hydroxylation sites is 1. The van der Waals surface area contributed by atoms with E-state index in [0.29, 0.717) is 17.1 Å². The minimum absolute atomic E-state index is 0.307. The quantitative estimate of drug-likeness (QED) is 0.753. The molecule has 5 nitrogen and oxygen atoms in total. The molecule has 1 N–H and O–H groups in total. The van der Waals surface area contributed by atoms with E-state index in [9.17, 15) is 9.18 Å². The van der Waals surface area contributed by atoms with Gasteiger partial charge in [-0.3, -0.25) is 4.79 Å². The van der Waals surface area contributed by atoms with Gasteiger partial charge in [0, 0.05) is 6.07 Å². The number of halogens is 1. The maximum Gasteiger partial charge on any atom is 0.265 e. The standard InChI is InChI=1S/C20H20FN3O2/c1-13-19(14(2)24(23-13)17-9-5-4-6-10-17)22-20(25)15(3)26-18-11-7-8-16(21)12-18/h4-12,15H,1-3H3,(H,22,25). The first kappa shape index (κ1) is 17.7. The van der Waals surface area contributed by atoms with Crippen LogP contribution in [0.4, 0.5) is 10.1 Å². The molecule has 1 aromatic heterocycles. The van der Waals surface area contributed by atoms with Crippen LogP contribution in [-0.4, -0.2) is 21.8 Å². The van der Waals surface area contributed by atoms with Crippen molar-refractivity contribution < 1.29 is 13.9 Å². The fraction of sp³-hybridized carbons (Fsp3) is 0.200. The molecule has 2 aromatic carbocycles. The average molecular weight is 353 g/mol. The molecule has 0 aliphatic rings. The maximum absolute atomic E-state index is 13.2. The summed E-state index contributed by atoms with van der Waals surface area (Å²) in [6, 6.07) is 15.4. The van der Waals surface area contributed by atoms with Crippen LogP contribution in [0.2, 0.25) is 0 Å². The van der Waals surface area contributed by atoms with E-state index in [1.54, 1.807) is 17.7 Å². The highest BCUT2D eigenvalue weighted by Gasteiger charge is 2.20. The van der Waals surface area contributed by atoms with Gasteiger partial charge in [-0.1, -0.05) is 24.3 Å². The first-order valence-corrected chi connectivity index (χ1v) is 8.30. The second-order valence-electron chi connectivity index (χ2n) is 6.00. The summed E-state index contributed by atoms with van der Waals surface area (Å²) < 4.78 is 20.5. The van der Waals surface area contributed by atoms with E-state index < -0.39 is 11.9 Å². The highest BCUT2D eigenvalue weighted by Crippen LogP contribution is 2.23. The molecule has 1 unspecified atom stereocenters. The van der Waals surface area contributed by atoms with E-state index in [0.717, 1.165) is 11.4 Å². The molecule has 1 amide bonds. The van der Waals surface area contributed by atoms with Crippen LogP contribution in [-0.2, 0) is 4.79 Å². The molecule has 1 heterocycles. The number of nitrogens with one attached hydrogen (secondary N) is 1. The van der Waals surface area contributed by atoms with Gasteiger partial charge in [0.25, 0.3) is 5.91 Å². The number of carbonyl (C=O) groups is 1. The van der Waals surface area contributed by atoms with Crippen LogP contribution in [0.25, 0.3) is 5.69 Å². The molecule has 0 aliphatic carbocycles. The van der Waals surface area contributed by atoms with Crippen LogP contribution < -0.4 is 10.1 Å². The van der Waals surface area contributed by atoms with E-state index in [4.69, 9.17) is 4.74 Å². The Morgan fingerprint density at radius 3 is 2.58 bits per heavy atom. The topological polar surface area (TPSA) is 56.2 Å². The zero-order valence-electron chi connectivity index (χ0n) is 14.9. The number of rotatable bonds is 5. The zero-order valence-corrected chi connectivity index (χ0v) is 14.9. The first-order valence-electron chi connectivity index (χ1n) is 8.30. The number of benzene rings is 2.